The number of aryl methyl sites for hydroxylation is 2. The van der Waals surface area contributed by atoms with E-state index in [4.69, 9.17) is 4.98 Å². The minimum Gasteiger partial charge on any atom is -0.291 e. The molecule has 1 aliphatic heterocycles. The maximum absolute atomic E-state index is 13.3. The number of hydrazone groups is 1. The molecule has 5 rings (SSSR count). The number of hydrogen-bond donors (Lipinski definition) is 1. The number of amidine groups is 1. The molecule has 27 heavy (non-hydrogen) atoms. The summed E-state index contributed by atoms with van der Waals surface area (Å²) in [5.41, 5.74) is 4.54. The summed E-state index contributed by atoms with van der Waals surface area (Å²) in [6, 6.07) is 9.40. The van der Waals surface area contributed by atoms with Gasteiger partial charge in [-0.15, -0.1) is 16.4 Å². The molecule has 0 bridgehead atoms. The number of carbonyl (C=O) groups is 1. The van der Waals surface area contributed by atoms with Gasteiger partial charge in [0.1, 0.15) is 4.83 Å². The molecule has 2 aliphatic rings. The van der Waals surface area contributed by atoms with E-state index in [1.165, 1.54) is 16.5 Å². The van der Waals surface area contributed by atoms with Crippen molar-refractivity contribution in [2.24, 2.45) is 5.10 Å². The van der Waals surface area contributed by atoms with E-state index >= 15 is 0 Å². The number of Topliss-reactive ketones (excluding diaryl/α,β-unsaturated/α-hetero) is 1. The lowest BCUT2D eigenvalue weighted by Gasteiger charge is -2.27. The fraction of sp³-hybridized carbons (Fsp3) is 0.263. The van der Waals surface area contributed by atoms with Crippen molar-refractivity contribution >= 4 is 44.8 Å². The van der Waals surface area contributed by atoms with Crippen LogP contribution in [0, 0.1) is 0 Å². The molecule has 8 heteroatoms. The molecule has 2 aromatic heterocycles. The highest BCUT2D eigenvalue weighted by molar-refractivity contribution is 7.18. The van der Waals surface area contributed by atoms with Gasteiger partial charge in [-0.25, -0.2) is 0 Å². The number of fused-ring (bicyclic) bond motifs is 4. The predicted molar refractivity (Wildman–Crippen MR) is 107 cm³/mol. The molecule has 1 aromatic carbocycles. The second kappa shape index (κ2) is 6.02. The quantitative estimate of drug-likeness (QED) is 0.741. The Hall–Kier alpha value is -3.00. The molecule has 0 saturated carbocycles. The first kappa shape index (κ1) is 16.2. The number of aromatic nitrogens is 2. The minimum atomic E-state index is -0.249. The molecule has 0 fully saturated rings. The van der Waals surface area contributed by atoms with E-state index in [0.717, 1.165) is 41.8 Å². The maximum atomic E-state index is 13.3. The van der Waals surface area contributed by atoms with Crippen LogP contribution in [0.1, 0.15) is 30.2 Å². The van der Waals surface area contributed by atoms with Crippen LogP contribution in [-0.2, 0) is 17.6 Å². The fourth-order valence-electron chi connectivity index (χ4n) is 3.60. The molecule has 0 atom stereocenters. The second-order valence-electron chi connectivity index (χ2n) is 6.71. The Morgan fingerprint density at radius 3 is 2.74 bits per heavy atom. The Labute approximate surface area is 158 Å². The first-order valence-corrected chi connectivity index (χ1v) is 9.74. The van der Waals surface area contributed by atoms with E-state index in [1.807, 2.05) is 30.3 Å². The van der Waals surface area contributed by atoms with Gasteiger partial charge in [0.25, 0.3) is 11.5 Å². The zero-order valence-corrected chi connectivity index (χ0v) is 15.5. The first-order chi connectivity index (χ1) is 13.1. The number of hydrogen-bond acceptors (Lipinski definition) is 7. The standard InChI is InChI=1S/C19H17N5O2S/c1-11(25)16-21-23(12-7-3-2-4-8-12)19-20-17-15(18(26)24(19)22-16)13-9-5-6-10-14(13)27-17/h2-4,7-8H,5-6,9-10H2,1H3,(H,21,22). The number of nitrogens with one attached hydrogen (secondary N) is 1. The molecule has 3 aromatic rings. The highest BCUT2D eigenvalue weighted by Crippen LogP contribution is 2.35. The van der Waals surface area contributed by atoms with E-state index in [-0.39, 0.29) is 17.2 Å². The highest BCUT2D eigenvalue weighted by atomic mass is 32.1. The van der Waals surface area contributed by atoms with Crippen molar-refractivity contribution in [3.63, 3.8) is 0 Å². The Bertz CT molecular complexity index is 1160. The number of para-hydroxylation sites is 1. The average Bonchev–Trinajstić information content (AvgIpc) is 3.06. The monoisotopic (exact) mass is 379 g/mol. The number of rotatable bonds is 2. The molecule has 0 radical (unpaired) electrons. The van der Waals surface area contributed by atoms with Crippen molar-refractivity contribution in [1.29, 1.82) is 0 Å². The summed E-state index contributed by atoms with van der Waals surface area (Å²) in [5.74, 6) is 0.224. The third-order valence-corrected chi connectivity index (χ3v) is 6.10. The summed E-state index contributed by atoms with van der Waals surface area (Å²) in [4.78, 5) is 32.1. The summed E-state index contributed by atoms with van der Waals surface area (Å²) < 4.78 is 1.35. The van der Waals surface area contributed by atoms with Crippen molar-refractivity contribution in [2.45, 2.75) is 32.6 Å². The molecule has 1 N–H and O–H groups in total. The summed E-state index contributed by atoms with van der Waals surface area (Å²) in [7, 11) is 0. The Morgan fingerprint density at radius 2 is 1.96 bits per heavy atom. The van der Waals surface area contributed by atoms with Crippen LogP contribution in [0.5, 0.6) is 0 Å². The molecule has 1 aliphatic carbocycles. The van der Waals surface area contributed by atoms with E-state index in [2.05, 4.69) is 10.5 Å². The molecular weight excluding hydrogens is 362 g/mol. The molecule has 7 nitrogen and oxygen atoms in total. The van der Waals surface area contributed by atoms with Gasteiger partial charge in [-0.3, -0.25) is 15.0 Å². The predicted octanol–water partition coefficient (Wildman–Crippen LogP) is 2.93. The lowest BCUT2D eigenvalue weighted by molar-refractivity contribution is -0.111. The average molecular weight is 379 g/mol. The van der Waals surface area contributed by atoms with Crippen LogP contribution in [0.3, 0.4) is 0 Å². The fourth-order valence-corrected chi connectivity index (χ4v) is 4.85. The molecule has 3 heterocycles. The van der Waals surface area contributed by atoms with Gasteiger partial charge in [0.2, 0.25) is 5.84 Å². The smallest absolute Gasteiger partial charge is 0.283 e. The zero-order valence-electron chi connectivity index (χ0n) is 14.7. The van der Waals surface area contributed by atoms with Crippen LogP contribution in [0.4, 0.5) is 11.6 Å². The van der Waals surface area contributed by atoms with Crippen molar-refractivity contribution in [1.82, 2.24) is 9.66 Å². The Morgan fingerprint density at radius 1 is 1.19 bits per heavy atom. The third-order valence-electron chi connectivity index (χ3n) is 4.91. The van der Waals surface area contributed by atoms with Crippen molar-refractivity contribution in [3.05, 3.63) is 51.1 Å². The SMILES string of the molecule is CC(=O)C1=NN(c2ccccc2)c2nc3sc4c(c3c(=O)n2N1)CCCC4. The van der Waals surface area contributed by atoms with Crippen molar-refractivity contribution in [3.8, 4) is 0 Å². The zero-order chi connectivity index (χ0) is 18.5. The van der Waals surface area contributed by atoms with Gasteiger partial charge < -0.3 is 0 Å². The Balaban J connectivity index is 1.79. The summed E-state index contributed by atoms with van der Waals surface area (Å²) in [6.07, 6.45) is 4.13. The van der Waals surface area contributed by atoms with E-state index in [0.29, 0.717) is 11.3 Å². The van der Waals surface area contributed by atoms with E-state index < -0.39 is 0 Å². The summed E-state index contributed by atoms with van der Waals surface area (Å²) >= 11 is 1.60. The molecule has 0 spiro atoms. The number of benzene rings is 1. The first-order valence-electron chi connectivity index (χ1n) is 8.92. The van der Waals surface area contributed by atoms with Crippen molar-refractivity contribution < 1.29 is 4.79 Å². The van der Waals surface area contributed by atoms with Crippen LogP contribution in [0.15, 0.2) is 40.2 Å². The number of thiophene rings is 1. The third kappa shape index (κ3) is 2.48. The van der Waals surface area contributed by atoms with Gasteiger partial charge in [0.05, 0.1) is 11.1 Å². The van der Waals surface area contributed by atoms with Gasteiger partial charge in [0, 0.05) is 11.8 Å². The van der Waals surface area contributed by atoms with E-state index in [1.54, 1.807) is 16.3 Å². The summed E-state index contributed by atoms with van der Waals surface area (Å²) in [5, 5.41) is 6.61. The number of ketones is 1. The highest BCUT2D eigenvalue weighted by Gasteiger charge is 2.29. The lowest BCUT2D eigenvalue weighted by Crippen LogP contribution is -2.44. The van der Waals surface area contributed by atoms with Crippen LogP contribution >= 0.6 is 11.3 Å². The summed E-state index contributed by atoms with van der Waals surface area (Å²) in [6.45, 7) is 1.42. The van der Waals surface area contributed by atoms with Gasteiger partial charge in [-0.05, 0) is 43.4 Å². The molecule has 0 saturated heterocycles. The van der Waals surface area contributed by atoms with Gasteiger partial charge >= 0.3 is 0 Å². The molecule has 0 amide bonds. The Kier molecular flexibility index (Phi) is 3.61. The number of carbonyl (C=O) groups excluding carboxylic acids is 1. The minimum absolute atomic E-state index is 0.110. The molecular formula is C19H17N5O2S. The molecule has 136 valence electrons. The second-order valence-corrected chi connectivity index (χ2v) is 7.79. The molecule has 0 unspecified atom stereocenters. The normalized spacial score (nSPS) is 15.7. The lowest BCUT2D eigenvalue weighted by atomic mass is 9.97. The van der Waals surface area contributed by atoms with Gasteiger partial charge in [-0.1, -0.05) is 18.2 Å². The van der Waals surface area contributed by atoms with Gasteiger partial charge in [-0.2, -0.15) is 14.7 Å². The number of nitrogens with zero attached hydrogens (tertiary/aromatic N) is 4. The van der Waals surface area contributed by atoms with Crippen molar-refractivity contribution in [2.75, 3.05) is 10.4 Å². The van der Waals surface area contributed by atoms with Crippen LogP contribution in [-0.4, -0.2) is 21.3 Å². The maximum Gasteiger partial charge on any atom is 0.283 e. The number of anilines is 2. The van der Waals surface area contributed by atoms with Crippen LogP contribution < -0.4 is 16.0 Å². The topological polar surface area (TPSA) is 79.6 Å². The van der Waals surface area contributed by atoms with Gasteiger partial charge in [0.15, 0.2) is 5.78 Å². The van der Waals surface area contributed by atoms with Crippen LogP contribution in [0.25, 0.3) is 10.2 Å². The van der Waals surface area contributed by atoms with E-state index in [9.17, 15) is 9.59 Å². The largest absolute Gasteiger partial charge is 0.291 e. The van der Waals surface area contributed by atoms with Crippen LogP contribution in [0.2, 0.25) is 0 Å².